The van der Waals surface area contributed by atoms with Gasteiger partial charge in [-0.3, -0.25) is 4.79 Å². The molecule has 1 amide bonds. The van der Waals surface area contributed by atoms with Crippen molar-refractivity contribution in [3.05, 3.63) is 4.91 Å². The zero-order valence-electron chi connectivity index (χ0n) is 5.56. The highest BCUT2D eigenvalue weighted by Crippen LogP contribution is 2.18. The Hall–Kier alpha value is -1.46. The fraction of sp³-hybridized carbons (Fsp3) is 0.600. The van der Waals surface area contributed by atoms with Crippen LogP contribution in [0.4, 0.5) is 0 Å². The van der Waals surface area contributed by atoms with E-state index < -0.39 is 17.9 Å². The van der Waals surface area contributed by atoms with E-state index in [0.29, 0.717) is 5.01 Å². The lowest BCUT2D eigenvalue weighted by Gasteiger charge is -2.09. The van der Waals surface area contributed by atoms with Gasteiger partial charge in [-0.2, -0.15) is 5.01 Å². The van der Waals surface area contributed by atoms with Gasteiger partial charge in [0.25, 0.3) is 0 Å². The fourth-order valence-electron chi connectivity index (χ4n) is 1.00. The first kappa shape index (κ1) is 7.64. The summed E-state index contributed by atoms with van der Waals surface area (Å²) in [5.74, 6) is -1.71. The Morgan fingerprint density at radius 2 is 2.36 bits per heavy atom. The van der Waals surface area contributed by atoms with Crippen LogP contribution < -0.4 is 0 Å². The average Bonchev–Trinajstić information content (AvgIpc) is 2.30. The third-order valence-electron chi connectivity index (χ3n) is 1.56. The van der Waals surface area contributed by atoms with Crippen LogP contribution in [0, 0.1) is 4.91 Å². The largest absolute Gasteiger partial charge is 0.480 e. The zero-order valence-corrected chi connectivity index (χ0v) is 5.56. The Morgan fingerprint density at radius 1 is 1.73 bits per heavy atom. The standard InChI is InChI=1S/C5H6N2O4/c8-4-2-1-3(5(9)10)7(4)6-11/h3H,1-2H2,(H,9,10)/t3-/m0/s1. The molecule has 1 N–H and O–H groups in total. The Balaban J connectivity index is 2.76. The summed E-state index contributed by atoms with van der Waals surface area (Å²) in [7, 11) is 0. The minimum Gasteiger partial charge on any atom is -0.480 e. The van der Waals surface area contributed by atoms with Crippen LogP contribution in [0.5, 0.6) is 0 Å². The monoisotopic (exact) mass is 158 g/mol. The molecule has 0 spiro atoms. The molecule has 0 aromatic rings. The number of carbonyl (C=O) groups is 2. The molecule has 1 aliphatic rings. The maximum absolute atomic E-state index is 10.7. The minimum absolute atomic E-state index is 0.0860. The molecule has 11 heavy (non-hydrogen) atoms. The molecule has 0 aromatic heterocycles. The van der Waals surface area contributed by atoms with Crippen molar-refractivity contribution in [1.29, 1.82) is 0 Å². The number of nitrogens with zero attached hydrogens (tertiary/aromatic N) is 2. The number of hydrogen-bond donors (Lipinski definition) is 1. The molecule has 6 nitrogen and oxygen atoms in total. The summed E-state index contributed by atoms with van der Waals surface area (Å²) in [4.78, 5) is 30.9. The van der Waals surface area contributed by atoms with E-state index in [1.54, 1.807) is 0 Å². The predicted octanol–water partition coefficient (Wildman–Crippen LogP) is -0.257. The van der Waals surface area contributed by atoms with Gasteiger partial charge in [-0.25, -0.2) is 4.79 Å². The van der Waals surface area contributed by atoms with Crippen LogP contribution in [0.15, 0.2) is 5.29 Å². The lowest BCUT2D eigenvalue weighted by atomic mass is 10.2. The summed E-state index contributed by atoms with van der Waals surface area (Å²) in [6, 6.07) is -1.06. The lowest BCUT2D eigenvalue weighted by molar-refractivity contribution is -0.146. The van der Waals surface area contributed by atoms with Gasteiger partial charge >= 0.3 is 5.97 Å². The molecule has 0 aromatic carbocycles. The average molecular weight is 158 g/mol. The molecule has 1 heterocycles. The Kier molecular flexibility index (Phi) is 1.84. The molecule has 0 aliphatic carbocycles. The zero-order chi connectivity index (χ0) is 8.43. The summed E-state index contributed by atoms with van der Waals surface area (Å²) >= 11 is 0. The third-order valence-corrected chi connectivity index (χ3v) is 1.56. The molecule has 0 radical (unpaired) electrons. The summed E-state index contributed by atoms with van der Waals surface area (Å²) in [5, 5.41) is 11.2. The topological polar surface area (TPSA) is 87.0 Å². The maximum Gasteiger partial charge on any atom is 0.328 e. The van der Waals surface area contributed by atoms with Crippen molar-refractivity contribution in [2.45, 2.75) is 18.9 Å². The van der Waals surface area contributed by atoms with E-state index in [0.717, 1.165) is 0 Å². The van der Waals surface area contributed by atoms with Crippen molar-refractivity contribution in [2.75, 3.05) is 0 Å². The second kappa shape index (κ2) is 2.65. The first-order valence-electron chi connectivity index (χ1n) is 3.05. The van der Waals surface area contributed by atoms with Gasteiger partial charge in [0.05, 0.1) is 5.29 Å². The normalized spacial score (nSPS) is 23.8. The first-order valence-corrected chi connectivity index (χ1v) is 3.05. The van der Waals surface area contributed by atoms with Crippen molar-refractivity contribution in [2.24, 2.45) is 5.29 Å². The summed E-state index contributed by atoms with van der Waals surface area (Å²) in [6.07, 6.45) is 0.253. The number of carboxylic acid groups (broad SMARTS) is 1. The van der Waals surface area contributed by atoms with Crippen molar-refractivity contribution < 1.29 is 14.7 Å². The van der Waals surface area contributed by atoms with Gasteiger partial charge < -0.3 is 5.11 Å². The fourth-order valence-corrected chi connectivity index (χ4v) is 1.00. The number of aliphatic carboxylic acids is 1. The van der Waals surface area contributed by atoms with Crippen molar-refractivity contribution in [1.82, 2.24) is 5.01 Å². The second-order valence-corrected chi connectivity index (χ2v) is 2.21. The predicted molar refractivity (Wildman–Crippen MR) is 33.3 cm³/mol. The minimum atomic E-state index is -1.18. The molecule has 1 fully saturated rings. The van der Waals surface area contributed by atoms with Crippen molar-refractivity contribution >= 4 is 11.9 Å². The second-order valence-electron chi connectivity index (χ2n) is 2.21. The van der Waals surface area contributed by atoms with Crippen LogP contribution in [0.1, 0.15) is 12.8 Å². The van der Waals surface area contributed by atoms with Crippen LogP contribution in [-0.2, 0) is 9.59 Å². The Bertz CT molecular complexity index is 215. The van der Waals surface area contributed by atoms with E-state index in [-0.39, 0.29) is 12.8 Å². The van der Waals surface area contributed by atoms with Crippen LogP contribution >= 0.6 is 0 Å². The van der Waals surface area contributed by atoms with E-state index in [4.69, 9.17) is 5.11 Å². The lowest BCUT2D eigenvalue weighted by Crippen LogP contribution is -2.33. The Labute approximate surface area is 61.7 Å². The van der Waals surface area contributed by atoms with E-state index >= 15 is 0 Å². The van der Waals surface area contributed by atoms with E-state index in [2.05, 4.69) is 5.29 Å². The molecular weight excluding hydrogens is 152 g/mol. The molecule has 1 atom stereocenters. The molecule has 60 valence electrons. The smallest absolute Gasteiger partial charge is 0.328 e. The molecule has 0 saturated carbocycles. The van der Waals surface area contributed by atoms with E-state index in [1.807, 2.05) is 0 Å². The van der Waals surface area contributed by atoms with Gasteiger partial charge in [0.1, 0.15) is 0 Å². The summed E-state index contributed by atoms with van der Waals surface area (Å²) in [5.41, 5.74) is 0. The van der Waals surface area contributed by atoms with E-state index in [9.17, 15) is 14.5 Å². The van der Waals surface area contributed by atoms with Crippen LogP contribution in [0.2, 0.25) is 0 Å². The number of carboxylic acids is 1. The van der Waals surface area contributed by atoms with Crippen LogP contribution in [-0.4, -0.2) is 28.0 Å². The highest BCUT2D eigenvalue weighted by atomic mass is 16.4. The Morgan fingerprint density at radius 3 is 2.73 bits per heavy atom. The van der Waals surface area contributed by atoms with Crippen molar-refractivity contribution in [3.63, 3.8) is 0 Å². The van der Waals surface area contributed by atoms with E-state index in [1.165, 1.54) is 0 Å². The number of rotatable bonds is 2. The summed E-state index contributed by atoms with van der Waals surface area (Å²) < 4.78 is 0. The van der Waals surface area contributed by atoms with Gasteiger partial charge in [0.2, 0.25) is 5.91 Å². The van der Waals surface area contributed by atoms with Gasteiger partial charge in [0, 0.05) is 6.42 Å². The molecule has 1 saturated heterocycles. The summed E-state index contributed by atoms with van der Waals surface area (Å²) in [6.45, 7) is 0. The molecule has 6 heteroatoms. The van der Waals surface area contributed by atoms with Gasteiger partial charge in [-0.15, -0.1) is 4.91 Å². The van der Waals surface area contributed by atoms with Gasteiger partial charge in [0.15, 0.2) is 6.04 Å². The molecule has 1 aliphatic heterocycles. The van der Waals surface area contributed by atoms with Crippen molar-refractivity contribution in [3.8, 4) is 0 Å². The molecular formula is C5H6N2O4. The molecule has 0 unspecified atom stereocenters. The van der Waals surface area contributed by atoms with Gasteiger partial charge in [-0.1, -0.05) is 0 Å². The number of amides is 1. The molecule has 1 rings (SSSR count). The van der Waals surface area contributed by atoms with Gasteiger partial charge in [-0.05, 0) is 6.42 Å². The maximum atomic E-state index is 10.7. The highest BCUT2D eigenvalue weighted by molar-refractivity contribution is 5.86. The van der Waals surface area contributed by atoms with Crippen LogP contribution in [0.3, 0.4) is 0 Å². The first-order chi connectivity index (χ1) is 5.16. The number of hydrogen-bond acceptors (Lipinski definition) is 4. The number of nitroso groups, excluding NO2 is 1. The van der Waals surface area contributed by atoms with Crippen LogP contribution in [0.25, 0.3) is 0 Å². The number of carbonyl (C=O) groups excluding carboxylic acids is 1. The molecule has 0 bridgehead atoms. The SMILES string of the molecule is O=NN1C(=O)CC[C@H]1C(=O)O. The third kappa shape index (κ3) is 1.19. The quantitative estimate of drug-likeness (QED) is 0.561. The highest BCUT2D eigenvalue weighted by Gasteiger charge is 2.37.